The second-order valence-corrected chi connectivity index (χ2v) is 5.43. The Balaban J connectivity index is 2.02. The van der Waals surface area contributed by atoms with Crippen LogP contribution in [0.2, 0.25) is 0 Å². The molecule has 0 saturated carbocycles. The van der Waals surface area contributed by atoms with Gasteiger partial charge in [-0.05, 0) is 62.2 Å². The summed E-state index contributed by atoms with van der Waals surface area (Å²) in [6, 6.07) is 6.57. The summed E-state index contributed by atoms with van der Waals surface area (Å²) in [6.45, 7) is 6.90. The van der Waals surface area contributed by atoms with E-state index in [1.807, 2.05) is 0 Å². The standard InChI is InChI=1S/C16H22FN3/c1-2-20(11-13-5-7-19-8-6-13)12-15-9-16(17)4-3-14(15)10-18/h3-4,9,13,19H,2,5-8,11-12H2,1H3. The van der Waals surface area contributed by atoms with Crippen LogP contribution in [0.1, 0.15) is 30.9 Å². The summed E-state index contributed by atoms with van der Waals surface area (Å²) in [4.78, 5) is 2.31. The molecule has 20 heavy (non-hydrogen) atoms. The number of halogens is 1. The van der Waals surface area contributed by atoms with Gasteiger partial charge in [-0.25, -0.2) is 4.39 Å². The lowest BCUT2D eigenvalue weighted by Gasteiger charge is -2.29. The molecule has 1 heterocycles. The van der Waals surface area contributed by atoms with Crippen LogP contribution >= 0.6 is 0 Å². The summed E-state index contributed by atoms with van der Waals surface area (Å²) in [5.74, 6) is 0.437. The van der Waals surface area contributed by atoms with Crippen LogP contribution in [0.5, 0.6) is 0 Å². The third-order valence-electron chi connectivity index (χ3n) is 4.00. The van der Waals surface area contributed by atoms with Crippen molar-refractivity contribution in [1.82, 2.24) is 10.2 Å². The second kappa shape index (κ2) is 7.37. The molecule has 108 valence electrons. The van der Waals surface area contributed by atoms with Crippen molar-refractivity contribution in [3.8, 4) is 6.07 Å². The summed E-state index contributed by atoms with van der Waals surface area (Å²) in [7, 11) is 0. The lowest BCUT2D eigenvalue weighted by Crippen LogP contribution is -2.36. The number of rotatable bonds is 5. The highest BCUT2D eigenvalue weighted by atomic mass is 19.1. The van der Waals surface area contributed by atoms with Crippen molar-refractivity contribution in [2.75, 3.05) is 26.2 Å². The van der Waals surface area contributed by atoms with E-state index in [-0.39, 0.29) is 5.82 Å². The zero-order chi connectivity index (χ0) is 14.4. The van der Waals surface area contributed by atoms with Crippen molar-refractivity contribution in [2.24, 2.45) is 5.92 Å². The summed E-state index contributed by atoms with van der Waals surface area (Å²) in [5.41, 5.74) is 1.37. The zero-order valence-corrected chi connectivity index (χ0v) is 12.0. The minimum absolute atomic E-state index is 0.267. The van der Waals surface area contributed by atoms with Gasteiger partial charge < -0.3 is 5.32 Å². The molecule has 0 radical (unpaired) electrons. The van der Waals surface area contributed by atoms with Gasteiger partial charge in [-0.3, -0.25) is 4.90 Å². The van der Waals surface area contributed by atoms with E-state index < -0.39 is 0 Å². The van der Waals surface area contributed by atoms with Crippen LogP contribution in [-0.2, 0) is 6.54 Å². The predicted molar refractivity (Wildman–Crippen MR) is 77.7 cm³/mol. The number of nitrogens with zero attached hydrogens (tertiary/aromatic N) is 2. The Bertz CT molecular complexity index is 475. The van der Waals surface area contributed by atoms with E-state index in [0.717, 1.165) is 31.7 Å². The quantitative estimate of drug-likeness (QED) is 0.897. The molecule has 3 nitrogen and oxygen atoms in total. The van der Waals surface area contributed by atoms with Gasteiger partial charge >= 0.3 is 0 Å². The molecule has 0 aliphatic carbocycles. The monoisotopic (exact) mass is 275 g/mol. The van der Waals surface area contributed by atoms with E-state index in [4.69, 9.17) is 5.26 Å². The van der Waals surface area contributed by atoms with Crippen LogP contribution in [-0.4, -0.2) is 31.1 Å². The predicted octanol–water partition coefficient (Wildman–Crippen LogP) is 2.52. The number of hydrogen-bond donors (Lipinski definition) is 1. The fraction of sp³-hybridized carbons (Fsp3) is 0.562. The van der Waals surface area contributed by atoms with Crippen LogP contribution in [0.3, 0.4) is 0 Å². The molecule has 1 aliphatic rings. The van der Waals surface area contributed by atoms with Crippen molar-refractivity contribution in [3.05, 3.63) is 35.1 Å². The topological polar surface area (TPSA) is 39.1 Å². The zero-order valence-electron chi connectivity index (χ0n) is 12.0. The normalized spacial score (nSPS) is 16.3. The van der Waals surface area contributed by atoms with Crippen LogP contribution < -0.4 is 5.32 Å². The maximum Gasteiger partial charge on any atom is 0.123 e. The first kappa shape index (κ1) is 15.0. The number of hydrogen-bond acceptors (Lipinski definition) is 3. The third kappa shape index (κ3) is 4.03. The van der Waals surface area contributed by atoms with Crippen LogP contribution in [0.15, 0.2) is 18.2 Å². The van der Waals surface area contributed by atoms with E-state index in [1.165, 1.54) is 25.0 Å². The van der Waals surface area contributed by atoms with E-state index in [9.17, 15) is 4.39 Å². The van der Waals surface area contributed by atoms with E-state index in [2.05, 4.69) is 23.2 Å². The molecule has 0 atom stereocenters. The van der Waals surface area contributed by atoms with Crippen LogP contribution in [0.4, 0.5) is 4.39 Å². The van der Waals surface area contributed by atoms with Gasteiger partial charge in [-0.1, -0.05) is 6.92 Å². The Morgan fingerprint density at radius 3 is 2.80 bits per heavy atom. The molecule has 1 aliphatic heterocycles. The summed E-state index contributed by atoms with van der Waals surface area (Å²) in [6.07, 6.45) is 2.40. The van der Waals surface area contributed by atoms with Gasteiger partial charge in [0.2, 0.25) is 0 Å². The first-order valence-electron chi connectivity index (χ1n) is 7.34. The first-order chi connectivity index (χ1) is 9.72. The average Bonchev–Trinajstić information content (AvgIpc) is 2.48. The Morgan fingerprint density at radius 1 is 1.40 bits per heavy atom. The highest BCUT2D eigenvalue weighted by Crippen LogP contribution is 2.17. The molecule has 1 fully saturated rings. The highest BCUT2D eigenvalue weighted by molar-refractivity contribution is 5.37. The van der Waals surface area contributed by atoms with Crippen molar-refractivity contribution in [1.29, 1.82) is 5.26 Å². The van der Waals surface area contributed by atoms with E-state index in [1.54, 1.807) is 6.07 Å². The molecule has 2 rings (SSSR count). The maximum atomic E-state index is 13.4. The van der Waals surface area contributed by atoms with Gasteiger partial charge in [0, 0.05) is 13.1 Å². The molecule has 4 heteroatoms. The highest BCUT2D eigenvalue weighted by Gasteiger charge is 2.17. The van der Waals surface area contributed by atoms with Gasteiger partial charge in [0.15, 0.2) is 0 Å². The van der Waals surface area contributed by atoms with Crippen LogP contribution in [0.25, 0.3) is 0 Å². The van der Waals surface area contributed by atoms with Gasteiger partial charge in [0.25, 0.3) is 0 Å². The SMILES string of the molecule is CCN(Cc1cc(F)ccc1C#N)CC1CCNCC1. The molecule has 1 aromatic carbocycles. The summed E-state index contributed by atoms with van der Waals surface area (Å²) >= 11 is 0. The molecule has 1 saturated heterocycles. The molecule has 0 bridgehead atoms. The second-order valence-electron chi connectivity index (χ2n) is 5.43. The molecule has 0 aromatic heterocycles. The Morgan fingerprint density at radius 2 is 2.15 bits per heavy atom. The number of benzene rings is 1. The van der Waals surface area contributed by atoms with Gasteiger partial charge in [-0.15, -0.1) is 0 Å². The number of nitrogens with one attached hydrogen (secondary N) is 1. The van der Waals surface area contributed by atoms with Gasteiger partial charge in [-0.2, -0.15) is 5.26 Å². The van der Waals surface area contributed by atoms with Crippen molar-refractivity contribution in [3.63, 3.8) is 0 Å². The molecule has 1 aromatic rings. The lowest BCUT2D eigenvalue weighted by atomic mass is 9.97. The van der Waals surface area contributed by atoms with Crippen LogP contribution in [0, 0.1) is 23.1 Å². The fourth-order valence-electron chi connectivity index (χ4n) is 2.78. The fourth-order valence-corrected chi connectivity index (χ4v) is 2.78. The first-order valence-corrected chi connectivity index (χ1v) is 7.34. The summed E-state index contributed by atoms with van der Waals surface area (Å²) in [5, 5.41) is 12.5. The lowest BCUT2D eigenvalue weighted by molar-refractivity contribution is 0.207. The Hall–Kier alpha value is -1.44. The smallest absolute Gasteiger partial charge is 0.123 e. The molecular weight excluding hydrogens is 253 g/mol. The molecule has 1 N–H and O–H groups in total. The Labute approximate surface area is 120 Å². The van der Waals surface area contributed by atoms with Crippen molar-refractivity contribution in [2.45, 2.75) is 26.3 Å². The van der Waals surface area contributed by atoms with Crippen molar-refractivity contribution < 1.29 is 4.39 Å². The molecular formula is C16H22FN3. The molecule has 0 amide bonds. The largest absolute Gasteiger partial charge is 0.317 e. The van der Waals surface area contributed by atoms with Gasteiger partial charge in [0.05, 0.1) is 11.6 Å². The van der Waals surface area contributed by atoms with E-state index in [0.29, 0.717) is 18.0 Å². The minimum atomic E-state index is -0.267. The number of piperidine rings is 1. The third-order valence-corrected chi connectivity index (χ3v) is 4.00. The van der Waals surface area contributed by atoms with Gasteiger partial charge in [0.1, 0.15) is 5.82 Å². The van der Waals surface area contributed by atoms with E-state index >= 15 is 0 Å². The number of nitriles is 1. The average molecular weight is 275 g/mol. The molecule has 0 spiro atoms. The molecule has 0 unspecified atom stereocenters. The minimum Gasteiger partial charge on any atom is -0.317 e. The maximum absolute atomic E-state index is 13.4. The summed E-state index contributed by atoms with van der Waals surface area (Å²) < 4.78 is 13.4. The Kier molecular flexibility index (Phi) is 5.51. The van der Waals surface area contributed by atoms with Crippen molar-refractivity contribution >= 4 is 0 Å².